The number of ether oxygens (including phenoxy) is 1. The van der Waals surface area contributed by atoms with Gasteiger partial charge in [-0.15, -0.1) is 0 Å². The van der Waals surface area contributed by atoms with Crippen LogP contribution in [0.2, 0.25) is 0 Å². The summed E-state index contributed by atoms with van der Waals surface area (Å²) in [6, 6.07) is 17.9. The summed E-state index contributed by atoms with van der Waals surface area (Å²) in [5.41, 5.74) is 3.22. The fraction of sp³-hybridized carbons (Fsp3) is 0.200. The second kappa shape index (κ2) is 9.87. The molecule has 172 valence electrons. The predicted octanol–water partition coefficient (Wildman–Crippen LogP) is 4.56. The van der Waals surface area contributed by atoms with E-state index in [1.54, 1.807) is 80.6 Å². The van der Waals surface area contributed by atoms with Gasteiger partial charge in [0.2, 0.25) is 0 Å². The van der Waals surface area contributed by atoms with Crippen LogP contribution in [0, 0.1) is 13.8 Å². The van der Waals surface area contributed by atoms with Crippen molar-refractivity contribution in [1.82, 2.24) is 0 Å². The molecule has 0 aromatic heterocycles. The minimum atomic E-state index is -3.72. The first kappa shape index (κ1) is 24.0. The summed E-state index contributed by atoms with van der Waals surface area (Å²) in [5.74, 6) is -0.831. The average molecular weight is 467 g/mol. The molecule has 0 aliphatic carbocycles. The molecular weight excluding hydrogens is 440 g/mol. The molecule has 0 spiro atoms. The Balaban J connectivity index is 1.78. The number of carbonyl (C=O) groups is 2. The number of hydrogen-bond donors (Lipinski definition) is 1. The highest BCUT2D eigenvalue weighted by Gasteiger charge is 2.21. The van der Waals surface area contributed by atoms with Gasteiger partial charge in [0.1, 0.15) is 0 Å². The Kier molecular flexibility index (Phi) is 7.18. The molecule has 0 fully saturated rings. The Bertz CT molecular complexity index is 1270. The van der Waals surface area contributed by atoms with Crippen LogP contribution in [0.4, 0.5) is 11.4 Å². The monoisotopic (exact) mass is 466 g/mol. The molecule has 3 aromatic carbocycles. The number of aryl methyl sites for hydroxylation is 1. The number of sulfonamides is 1. The van der Waals surface area contributed by atoms with Crippen molar-refractivity contribution in [1.29, 1.82) is 0 Å². The highest BCUT2D eigenvalue weighted by atomic mass is 32.2. The number of carbonyl (C=O) groups excluding carboxylic acids is 2. The molecule has 1 amide bonds. The normalized spacial score (nSPS) is 11.0. The molecule has 0 bridgehead atoms. The van der Waals surface area contributed by atoms with Crippen molar-refractivity contribution < 1.29 is 22.7 Å². The molecule has 0 saturated carbocycles. The molecule has 33 heavy (non-hydrogen) atoms. The van der Waals surface area contributed by atoms with Crippen molar-refractivity contribution in [3.8, 4) is 0 Å². The first-order valence-corrected chi connectivity index (χ1v) is 11.8. The number of esters is 1. The van der Waals surface area contributed by atoms with Gasteiger partial charge < -0.3 is 10.1 Å². The molecule has 0 aliphatic heterocycles. The van der Waals surface area contributed by atoms with Crippen LogP contribution in [-0.4, -0.2) is 33.9 Å². The molecule has 0 aliphatic rings. The van der Waals surface area contributed by atoms with Gasteiger partial charge in [-0.3, -0.25) is 9.10 Å². The zero-order valence-electron chi connectivity index (χ0n) is 19.0. The molecule has 3 rings (SSSR count). The lowest BCUT2D eigenvalue weighted by Gasteiger charge is -2.20. The number of rotatable bonds is 7. The van der Waals surface area contributed by atoms with E-state index in [4.69, 9.17) is 4.74 Å². The van der Waals surface area contributed by atoms with E-state index >= 15 is 0 Å². The quantitative estimate of drug-likeness (QED) is 0.516. The summed E-state index contributed by atoms with van der Waals surface area (Å²) in [6.45, 7) is 5.61. The second-order valence-electron chi connectivity index (χ2n) is 7.49. The molecule has 0 radical (unpaired) electrons. The van der Waals surface area contributed by atoms with Crippen molar-refractivity contribution in [2.45, 2.75) is 25.7 Å². The maximum absolute atomic E-state index is 12.9. The van der Waals surface area contributed by atoms with Crippen LogP contribution in [0.3, 0.4) is 0 Å². The topological polar surface area (TPSA) is 92.8 Å². The summed E-state index contributed by atoms with van der Waals surface area (Å²) in [4.78, 5) is 25.0. The van der Waals surface area contributed by atoms with Gasteiger partial charge in [0, 0.05) is 18.3 Å². The molecule has 0 heterocycles. The van der Waals surface area contributed by atoms with Gasteiger partial charge in [-0.1, -0.05) is 23.8 Å². The number of amides is 1. The summed E-state index contributed by atoms with van der Waals surface area (Å²) in [5, 5.41) is 2.80. The van der Waals surface area contributed by atoms with Gasteiger partial charge in [-0.25, -0.2) is 13.2 Å². The Morgan fingerprint density at radius 3 is 2.18 bits per heavy atom. The molecule has 0 unspecified atom stereocenters. The number of anilines is 2. The van der Waals surface area contributed by atoms with Crippen molar-refractivity contribution in [3.63, 3.8) is 0 Å². The van der Waals surface area contributed by atoms with Crippen LogP contribution in [0.1, 0.15) is 38.8 Å². The van der Waals surface area contributed by atoms with Crippen molar-refractivity contribution in [3.05, 3.63) is 89.0 Å². The fourth-order valence-electron chi connectivity index (χ4n) is 3.23. The van der Waals surface area contributed by atoms with Gasteiger partial charge in [0.05, 0.1) is 22.8 Å². The lowest BCUT2D eigenvalue weighted by molar-refractivity contribution is 0.0525. The minimum absolute atomic E-state index is 0.189. The van der Waals surface area contributed by atoms with Gasteiger partial charge >= 0.3 is 5.97 Å². The van der Waals surface area contributed by atoms with Crippen LogP contribution < -0.4 is 9.62 Å². The van der Waals surface area contributed by atoms with Crippen molar-refractivity contribution >= 4 is 33.3 Å². The number of nitrogens with one attached hydrogen (secondary N) is 1. The second-order valence-corrected chi connectivity index (χ2v) is 9.45. The lowest BCUT2D eigenvalue weighted by Crippen LogP contribution is -2.26. The van der Waals surface area contributed by atoms with Crippen LogP contribution in [0.5, 0.6) is 0 Å². The largest absolute Gasteiger partial charge is 0.462 e. The van der Waals surface area contributed by atoms with E-state index in [0.29, 0.717) is 28.1 Å². The molecular formula is C25H26N2O5S. The van der Waals surface area contributed by atoms with Gasteiger partial charge in [0.15, 0.2) is 0 Å². The average Bonchev–Trinajstić information content (AvgIpc) is 2.80. The van der Waals surface area contributed by atoms with Crippen LogP contribution in [0.25, 0.3) is 0 Å². The minimum Gasteiger partial charge on any atom is -0.462 e. The van der Waals surface area contributed by atoms with Gasteiger partial charge in [0.25, 0.3) is 15.9 Å². The smallest absolute Gasteiger partial charge is 0.338 e. The summed E-state index contributed by atoms with van der Waals surface area (Å²) >= 11 is 0. The van der Waals surface area contributed by atoms with Crippen LogP contribution in [0.15, 0.2) is 71.6 Å². The summed E-state index contributed by atoms with van der Waals surface area (Å²) < 4.78 is 32.0. The van der Waals surface area contributed by atoms with Crippen LogP contribution in [-0.2, 0) is 14.8 Å². The third kappa shape index (κ3) is 5.23. The van der Waals surface area contributed by atoms with Gasteiger partial charge in [-0.2, -0.15) is 0 Å². The Morgan fingerprint density at radius 2 is 1.58 bits per heavy atom. The molecule has 0 saturated heterocycles. The van der Waals surface area contributed by atoms with Gasteiger partial charge in [-0.05, 0) is 74.9 Å². The molecule has 1 N–H and O–H groups in total. The van der Waals surface area contributed by atoms with Crippen LogP contribution >= 0.6 is 0 Å². The van der Waals surface area contributed by atoms with E-state index in [1.807, 2.05) is 6.92 Å². The van der Waals surface area contributed by atoms with Crippen molar-refractivity contribution in [2.24, 2.45) is 0 Å². The number of benzene rings is 3. The maximum atomic E-state index is 12.9. The van der Waals surface area contributed by atoms with Crippen molar-refractivity contribution in [2.75, 3.05) is 23.3 Å². The first-order chi connectivity index (χ1) is 15.6. The number of nitrogens with zero attached hydrogens (tertiary/aromatic N) is 1. The summed E-state index contributed by atoms with van der Waals surface area (Å²) in [7, 11) is -2.26. The maximum Gasteiger partial charge on any atom is 0.338 e. The zero-order chi connectivity index (χ0) is 24.2. The predicted molar refractivity (Wildman–Crippen MR) is 128 cm³/mol. The highest BCUT2D eigenvalue weighted by molar-refractivity contribution is 7.92. The van der Waals surface area contributed by atoms with E-state index in [0.717, 1.165) is 5.56 Å². The fourth-order valence-corrected chi connectivity index (χ4v) is 4.42. The highest BCUT2D eigenvalue weighted by Crippen LogP contribution is 2.24. The Labute approximate surface area is 194 Å². The summed E-state index contributed by atoms with van der Waals surface area (Å²) in [6.07, 6.45) is 0. The Morgan fingerprint density at radius 1 is 0.939 bits per heavy atom. The molecule has 7 nitrogen and oxygen atoms in total. The third-order valence-corrected chi connectivity index (χ3v) is 7.05. The third-order valence-electron chi connectivity index (χ3n) is 5.25. The number of hydrogen-bond acceptors (Lipinski definition) is 5. The van der Waals surface area contributed by atoms with E-state index < -0.39 is 16.0 Å². The molecule has 3 aromatic rings. The van der Waals surface area contributed by atoms with E-state index in [1.165, 1.54) is 11.4 Å². The van der Waals surface area contributed by atoms with E-state index in [2.05, 4.69) is 5.32 Å². The lowest BCUT2D eigenvalue weighted by atomic mass is 10.1. The Hall–Kier alpha value is -3.65. The molecule has 8 heteroatoms. The molecule has 0 atom stereocenters. The SMILES string of the molecule is CCOC(=O)c1cccc(NC(=O)c2ccc(N(C)S(=O)(=O)c3ccc(C)cc3)cc2)c1C. The van der Waals surface area contributed by atoms with E-state index in [-0.39, 0.29) is 17.4 Å². The standard InChI is InChI=1S/C25H26N2O5S/c1-5-32-25(29)22-7-6-8-23(18(22)3)26-24(28)19-11-13-20(14-12-19)27(4)33(30,31)21-15-9-17(2)10-16-21/h6-16H,5H2,1-4H3,(H,26,28). The van der Waals surface area contributed by atoms with E-state index in [9.17, 15) is 18.0 Å². The zero-order valence-corrected chi connectivity index (χ0v) is 19.8. The first-order valence-electron chi connectivity index (χ1n) is 10.4.